The van der Waals surface area contributed by atoms with E-state index < -0.39 is 11.9 Å². The van der Waals surface area contributed by atoms with Crippen LogP contribution in [0, 0.1) is 6.92 Å². The monoisotopic (exact) mass is 406 g/mol. The number of rotatable bonds is 6. The van der Waals surface area contributed by atoms with Crippen LogP contribution in [0.3, 0.4) is 0 Å². The third-order valence-electron chi connectivity index (χ3n) is 3.72. The molecule has 1 aromatic heterocycles. The largest absolute Gasteiger partial charge is 0.497 e. The van der Waals surface area contributed by atoms with E-state index in [4.69, 9.17) is 9.47 Å². The van der Waals surface area contributed by atoms with Crippen LogP contribution in [-0.2, 0) is 11.9 Å². The van der Waals surface area contributed by atoms with Gasteiger partial charge in [0.2, 0.25) is 5.88 Å². The van der Waals surface area contributed by atoms with Gasteiger partial charge in [0.15, 0.2) is 10.9 Å². The quantitative estimate of drug-likeness (QED) is 0.377. The van der Waals surface area contributed by atoms with E-state index in [-0.39, 0.29) is 11.0 Å². The van der Waals surface area contributed by atoms with Crippen LogP contribution >= 0.6 is 11.8 Å². The Balaban J connectivity index is 1.84. The molecule has 0 unspecified atom stereocenters. The molecular formula is C20H17F3N2O2S. The first-order valence-electron chi connectivity index (χ1n) is 8.30. The van der Waals surface area contributed by atoms with E-state index in [1.165, 1.54) is 7.11 Å². The number of thioether (sulfide) groups is 1. The average Bonchev–Trinajstić information content (AvgIpc) is 2.67. The Morgan fingerprint density at radius 1 is 0.964 bits per heavy atom. The van der Waals surface area contributed by atoms with Gasteiger partial charge in [-0.05, 0) is 24.6 Å². The van der Waals surface area contributed by atoms with Gasteiger partial charge in [0.05, 0.1) is 7.11 Å². The van der Waals surface area contributed by atoms with E-state index in [2.05, 4.69) is 9.97 Å². The number of hydrogen-bond donors (Lipinski definition) is 0. The van der Waals surface area contributed by atoms with Gasteiger partial charge in [-0.1, -0.05) is 47.7 Å². The first kappa shape index (κ1) is 20.0. The molecule has 28 heavy (non-hydrogen) atoms. The maximum absolute atomic E-state index is 13.2. The third kappa shape index (κ3) is 5.39. The number of halogens is 3. The van der Waals surface area contributed by atoms with Crippen LogP contribution in [-0.4, -0.2) is 17.1 Å². The van der Waals surface area contributed by atoms with Gasteiger partial charge in [-0.15, -0.1) is 0 Å². The van der Waals surface area contributed by atoms with Crippen molar-refractivity contribution in [1.82, 2.24) is 9.97 Å². The van der Waals surface area contributed by atoms with Crippen molar-refractivity contribution in [2.24, 2.45) is 0 Å². The summed E-state index contributed by atoms with van der Waals surface area (Å²) in [4.78, 5) is 7.75. The third-order valence-corrected chi connectivity index (χ3v) is 4.64. The van der Waals surface area contributed by atoms with Gasteiger partial charge in [-0.2, -0.15) is 18.2 Å². The summed E-state index contributed by atoms with van der Waals surface area (Å²) in [6.45, 7) is 1.97. The molecule has 0 aliphatic rings. The summed E-state index contributed by atoms with van der Waals surface area (Å²) in [6.07, 6.45) is -4.60. The fraction of sp³-hybridized carbons (Fsp3) is 0.200. The zero-order valence-electron chi connectivity index (χ0n) is 15.2. The van der Waals surface area contributed by atoms with Crippen LogP contribution in [0.2, 0.25) is 0 Å². The Morgan fingerprint density at radius 3 is 2.36 bits per heavy atom. The molecular weight excluding hydrogens is 389 g/mol. The second-order valence-corrected chi connectivity index (χ2v) is 6.87. The highest BCUT2D eigenvalue weighted by Gasteiger charge is 2.34. The lowest BCUT2D eigenvalue weighted by Gasteiger charge is -2.11. The molecule has 0 N–H and O–H groups in total. The average molecular weight is 406 g/mol. The molecule has 0 fully saturated rings. The van der Waals surface area contributed by atoms with Gasteiger partial charge in [-0.25, -0.2) is 4.98 Å². The van der Waals surface area contributed by atoms with Crippen LogP contribution in [0.1, 0.15) is 16.8 Å². The van der Waals surface area contributed by atoms with E-state index in [1.807, 2.05) is 31.2 Å². The van der Waals surface area contributed by atoms with E-state index in [1.54, 1.807) is 24.3 Å². The first-order valence-corrected chi connectivity index (χ1v) is 9.28. The maximum Gasteiger partial charge on any atom is 0.433 e. The van der Waals surface area contributed by atoms with Gasteiger partial charge in [0, 0.05) is 17.9 Å². The Hall–Kier alpha value is -2.74. The van der Waals surface area contributed by atoms with Crippen LogP contribution < -0.4 is 9.47 Å². The normalized spacial score (nSPS) is 11.3. The second-order valence-electron chi connectivity index (χ2n) is 5.93. The second kappa shape index (κ2) is 8.52. The van der Waals surface area contributed by atoms with Gasteiger partial charge in [0.1, 0.15) is 11.5 Å². The zero-order chi connectivity index (χ0) is 20.1. The topological polar surface area (TPSA) is 44.2 Å². The van der Waals surface area contributed by atoms with Gasteiger partial charge >= 0.3 is 6.18 Å². The van der Waals surface area contributed by atoms with Gasteiger partial charge in [-0.3, -0.25) is 0 Å². The summed E-state index contributed by atoms with van der Waals surface area (Å²) in [5.41, 5.74) is 1.02. The molecule has 146 valence electrons. The highest BCUT2D eigenvalue weighted by atomic mass is 32.2. The molecule has 3 aromatic rings. The van der Waals surface area contributed by atoms with E-state index in [0.29, 0.717) is 17.3 Å². The Morgan fingerprint density at radius 2 is 1.68 bits per heavy atom. The molecule has 4 nitrogen and oxygen atoms in total. The van der Waals surface area contributed by atoms with E-state index in [0.717, 1.165) is 29.0 Å². The smallest absolute Gasteiger partial charge is 0.433 e. The van der Waals surface area contributed by atoms with Gasteiger partial charge in [0.25, 0.3) is 0 Å². The van der Waals surface area contributed by atoms with Crippen LogP contribution in [0.4, 0.5) is 13.2 Å². The molecule has 0 radical (unpaired) electrons. The molecule has 0 amide bonds. The Labute approximate surface area is 164 Å². The molecule has 0 atom stereocenters. The number of aryl methyl sites for hydroxylation is 1. The minimum Gasteiger partial charge on any atom is -0.497 e. The summed E-state index contributed by atoms with van der Waals surface area (Å²) >= 11 is 1.12. The molecule has 2 aromatic carbocycles. The highest BCUT2D eigenvalue weighted by Crippen LogP contribution is 2.33. The first-order chi connectivity index (χ1) is 13.3. The van der Waals surface area contributed by atoms with Crippen molar-refractivity contribution < 1.29 is 22.6 Å². The van der Waals surface area contributed by atoms with Crippen molar-refractivity contribution >= 4 is 11.8 Å². The number of hydrogen-bond acceptors (Lipinski definition) is 5. The molecule has 1 heterocycles. The van der Waals surface area contributed by atoms with Crippen molar-refractivity contribution in [3.63, 3.8) is 0 Å². The Kier molecular flexibility index (Phi) is 6.08. The van der Waals surface area contributed by atoms with Crippen molar-refractivity contribution in [1.29, 1.82) is 0 Å². The van der Waals surface area contributed by atoms with E-state index in [9.17, 15) is 13.2 Å². The van der Waals surface area contributed by atoms with Crippen LogP contribution in [0.15, 0.2) is 59.8 Å². The molecule has 0 bridgehead atoms. The molecule has 0 aliphatic carbocycles. The summed E-state index contributed by atoms with van der Waals surface area (Å²) in [5.74, 6) is 1.11. The minimum atomic E-state index is -4.60. The fourth-order valence-corrected chi connectivity index (χ4v) is 3.09. The van der Waals surface area contributed by atoms with Crippen molar-refractivity contribution in [3.8, 4) is 17.4 Å². The molecule has 0 spiro atoms. The number of nitrogens with zero attached hydrogens (tertiary/aromatic N) is 2. The summed E-state index contributed by atoms with van der Waals surface area (Å²) < 4.78 is 50.3. The molecule has 0 saturated carbocycles. The summed E-state index contributed by atoms with van der Waals surface area (Å²) in [7, 11) is 1.49. The predicted octanol–water partition coefficient (Wildman–Crippen LogP) is 5.90. The minimum absolute atomic E-state index is 0.00621. The lowest BCUT2D eigenvalue weighted by Crippen LogP contribution is -2.10. The molecule has 3 rings (SSSR count). The number of alkyl halides is 3. The summed E-state index contributed by atoms with van der Waals surface area (Å²) in [6, 6.07) is 15.1. The van der Waals surface area contributed by atoms with Gasteiger partial charge < -0.3 is 9.47 Å². The van der Waals surface area contributed by atoms with E-state index >= 15 is 0 Å². The molecule has 0 aliphatic heterocycles. The molecule has 8 heteroatoms. The SMILES string of the molecule is COc1cccc(Oc2cc(C(F)(F)F)nc(SCc3ccc(C)cc3)n2)c1. The standard InChI is InChI=1S/C20H17F3N2O2S/c1-13-6-8-14(9-7-13)12-28-19-24-17(20(21,22)23)11-18(25-19)27-16-5-3-4-15(10-16)26-2/h3-11H,12H2,1-2H3. The number of aromatic nitrogens is 2. The number of methoxy groups -OCH3 is 1. The highest BCUT2D eigenvalue weighted by molar-refractivity contribution is 7.98. The van der Waals surface area contributed by atoms with Crippen molar-refractivity contribution in [3.05, 3.63) is 71.4 Å². The molecule has 0 saturated heterocycles. The zero-order valence-corrected chi connectivity index (χ0v) is 16.0. The van der Waals surface area contributed by atoms with Crippen molar-refractivity contribution in [2.45, 2.75) is 24.0 Å². The predicted molar refractivity (Wildman–Crippen MR) is 101 cm³/mol. The fourth-order valence-electron chi connectivity index (χ4n) is 2.28. The van der Waals surface area contributed by atoms with Crippen molar-refractivity contribution in [2.75, 3.05) is 7.11 Å². The lowest BCUT2D eigenvalue weighted by molar-refractivity contribution is -0.141. The summed E-state index contributed by atoms with van der Waals surface area (Å²) in [5, 5.41) is -0.00621. The van der Waals surface area contributed by atoms with Crippen LogP contribution in [0.5, 0.6) is 17.4 Å². The number of ether oxygens (including phenoxy) is 2. The van der Waals surface area contributed by atoms with Crippen LogP contribution in [0.25, 0.3) is 0 Å². The number of benzene rings is 2. The maximum atomic E-state index is 13.2. The lowest BCUT2D eigenvalue weighted by atomic mass is 10.2. The Bertz CT molecular complexity index is 947.